The second kappa shape index (κ2) is 4.71. The summed E-state index contributed by atoms with van der Waals surface area (Å²) in [4.78, 5) is 16.4. The molecule has 0 unspecified atom stereocenters. The van der Waals surface area contributed by atoms with E-state index in [1.807, 2.05) is 25.1 Å². The molecule has 0 spiro atoms. The van der Waals surface area contributed by atoms with E-state index in [9.17, 15) is 9.18 Å². The highest BCUT2D eigenvalue weighted by molar-refractivity contribution is 5.89. The minimum absolute atomic E-state index is 0.276. The number of carbonyl (C=O) groups excluding carboxylic acids is 1. The van der Waals surface area contributed by atoms with Crippen LogP contribution in [0.1, 0.15) is 30.7 Å². The third kappa shape index (κ3) is 1.72. The first kappa shape index (κ1) is 12.8. The number of halogens is 1. The van der Waals surface area contributed by atoms with Crippen LogP contribution in [0.15, 0.2) is 48.7 Å². The lowest BCUT2D eigenvalue weighted by molar-refractivity contribution is -0.194. The summed E-state index contributed by atoms with van der Waals surface area (Å²) in [5.74, 6) is -0.593. The lowest BCUT2D eigenvalue weighted by atomic mass is 9.68. The molecule has 1 saturated heterocycles. The summed E-state index contributed by atoms with van der Waals surface area (Å²) in [7, 11) is 0. The Bertz CT molecular complexity index is 627. The number of rotatable bonds is 3. The largest absolute Gasteiger partial charge is 0.453 e. The van der Waals surface area contributed by atoms with Crippen LogP contribution in [0, 0.1) is 5.82 Å². The minimum Gasteiger partial charge on any atom is -0.453 e. The number of benzene rings is 1. The first-order chi connectivity index (χ1) is 9.68. The molecule has 0 saturated carbocycles. The fourth-order valence-electron chi connectivity index (χ4n) is 2.76. The van der Waals surface area contributed by atoms with E-state index in [0.29, 0.717) is 6.42 Å². The van der Waals surface area contributed by atoms with Crippen molar-refractivity contribution in [2.24, 2.45) is 0 Å². The summed E-state index contributed by atoms with van der Waals surface area (Å²) in [6, 6.07) is 11.5. The Balaban J connectivity index is 2.06. The summed E-state index contributed by atoms with van der Waals surface area (Å²) in [5, 5.41) is 0. The highest BCUT2D eigenvalue weighted by Crippen LogP contribution is 2.51. The molecule has 1 aliphatic rings. The fraction of sp³-hybridized carbons (Fsp3) is 0.250. The van der Waals surface area contributed by atoms with Gasteiger partial charge in [-0.2, -0.15) is 0 Å². The average molecular weight is 271 g/mol. The Morgan fingerprint density at radius 1 is 1.25 bits per heavy atom. The zero-order valence-corrected chi connectivity index (χ0v) is 11.0. The Morgan fingerprint density at radius 2 is 2.00 bits per heavy atom. The third-order valence-corrected chi connectivity index (χ3v) is 3.91. The van der Waals surface area contributed by atoms with Gasteiger partial charge in [-0.05, 0) is 36.2 Å². The molecule has 2 aromatic rings. The predicted octanol–water partition coefficient (Wildman–Crippen LogP) is 3.17. The third-order valence-electron chi connectivity index (χ3n) is 3.91. The summed E-state index contributed by atoms with van der Waals surface area (Å²) < 4.78 is 18.4. The Labute approximate surface area is 116 Å². The van der Waals surface area contributed by atoms with Gasteiger partial charge in [0.15, 0.2) is 6.10 Å². The van der Waals surface area contributed by atoms with Crippen LogP contribution < -0.4 is 0 Å². The van der Waals surface area contributed by atoms with Gasteiger partial charge in [0.25, 0.3) is 0 Å². The van der Waals surface area contributed by atoms with Gasteiger partial charge < -0.3 is 4.74 Å². The molecule has 4 heteroatoms. The second-order valence-corrected chi connectivity index (χ2v) is 4.87. The Hall–Kier alpha value is -2.23. The van der Waals surface area contributed by atoms with E-state index in [2.05, 4.69) is 4.98 Å². The number of ether oxygens (including phenoxy) is 1. The molecule has 0 bridgehead atoms. The van der Waals surface area contributed by atoms with Crippen LogP contribution in [-0.2, 0) is 14.9 Å². The molecule has 3 rings (SSSR count). The summed E-state index contributed by atoms with van der Waals surface area (Å²) in [6.07, 6.45) is 1.84. The van der Waals surface area contributed by atoms with Crippen LogP contribution in [0.4, 0.5) is 4.39 Å². The second-order valence-electron chi connectivity index (χ2n) is 4.87. The van der Waals surface area contributed by atoms with E-state index >= 15 is 0 Å². The molecule has 3 nitrogen and oxygen atoms in total. The molecule has 2 heterocycles. The van der Waals surface area contributed by atoms with Gasteiger partial charge in [-0.1, -0.05) is 25.1 Å². The van der Waals surface area contributed by atoms with Crippen LogP contribution in [0.25, 0.3) is 0 Å². The van der Waals surface area contributed by atoms with E-state index < -0.39 is 11.5 Å². The number of esters is 1. The Kier molecular flexibility index (Phi) is 3.01. The standard InChI is InChI=1S/C16H14FNO2/c1-2-16(11-6-8-12(17)9-7-11)14(20-15(16)19)13-5-3-4-10-18-13/h3-10,14H,2H2,1H3/t14-,16+/m1/s1. The number of hydrogen-bond donors (Lipinski definition) is 0. The molecule has 1 aromatic carbocycles. The summed E-state index contributed by atoms with van der Waals surface area (Å²) in [6.45, 7) is 1.93. The van der Waals surface area contributed by atoms with Gasteiger partial charge in [-0.15, -0.1) is 0 Å². The molecule has 0 radical (unpaired) electrons. The molecule has 0 amide bonds. The van der Waals surface area contributed by atoms with Crippen LogP contribution in [0.3, 0.4) is 0 Å². The maximum Gasteiger partial charge on any atom is 0.321 e. The normalized spacial score (nSPS) is 24.9. The lowest BCUT2D eigenvalue weighted by Gasteiger charge is -2.46. The maximum atomic E-state index is 13.1. The van der Waals surface area contributed by atoms with Crippen molar-refractivity contribution in [3.05, 3.63) is 65.7 Å². The van der Waals surface area contributed by atoms with E-state index in [1.165, 1.54) is 12.1 Å². The predicted molar refractivity (Wildman–Crippen MR) is 71.4 cm³/mol. The molecular formula is C16H14FNO2. The number of nitrogens with zero attached hydrogens (tertiary/aromatic N) is 1. The molecule has 0 N–H and O–H groups in total. The minimum atomic E-state index is -0.762. The van der Waals surface area contributed by atoms with Gasteiger partial charge in [-0.25, -0.2) is 4.39 Å². The Morgan fingerprint density at radius 3 is 2.55 bits per heavy atom. The molecule has 1 aromatic heterocycles. The fourth-order valence-corrected chi connectivity index (χ4v) is 2.76. The van der Waals surface area contributed by atoms with Crippen molar-refractivity contribution in [3.63, 3.8) is 0 Å². The van der Waals surface area contributed by atoms with Gasteiger partial charge in [0, 0.05) is 6.20 Å². The zero-order chi connectivity index (χ0) is 14.2. The number of carbonyl (C=O) groups is 1. The van der Waals surface area contributed by atoms with Gasteiger partial charge in [0.2, 0.25) is 0 Å². The quantitative estimate of drug-likeness (QED) is 0.805. The van der Waals surface area contributed by atoms with Crippen molar-refractivity contribution >= 4 is 5.97 Å². The molecule has 0 aliphatic carbocycles. The number of hydrogen-bond acceptors (Lipinski definition) is 3. The molecule has 1 fully saturated rings. The summed E-state index contributed by atoms with van der Waals surface area (Å²) in [5.41, 5.74) is 0.730. The molecular weight excluding hydrogens is 257 g/mol. The number of aromatic nitrogens is 1. The van der Waals surface area contributed by atoms with E-state index in [4.69, 9.17) is 4.74 Å². The molecule has 102 valence electrons. The maximum absolute atomic E-state index is 13.1. The van der Waals surface area contributed by atoms with Crippen molar-refractivity contribution in [2.45, 2.75) is 24.9 Å². The average Bonchev–Trinajstić information content (AvgIpc) is 2.48. The van der Waals surface area contributed by atoms with Crippen molar-refractivity contribution in [1.29, 1.82) is 0 Å². The van der Waals surface area contributed by atoms with Crippen LogP contribution in [0.5, 0.6) is 0 Å². The van der Waals surface area contributed by atoms with Gasteiger partial charge in [0.05, 0.1) is 5.69 Å². The zero-order valence-electron chi connectivity index (χ0n) is 11.0. The SMILES string of the molecule is CC[C@@]1(c2ccc(F)cc2)C(=O)O[C@@H]1c1ccccn1. The van der Waals surface area contributed by atoms with E-state index in [1.54, 1.807) is 18.3 Å². The molecule has 2 atom stereocenters. The molecule has 1 aliphatic heterocycles. The van der Waals surface area contributed by atoms with Crippen LogP contribution >= 0.6 is 0 Å². The number of cyclic esters (lactones) is 1. The van der Waals surface area contributed by atoms with E-state index in [0.717, 1.165) is 11.3 Å². The first-order valence-corrected chi connectivity index (χ1v) is 6.56. The van der Waals surface area contributed by atoms with Gasteiger partial charge in [-0.3, -0.25) is 9.78 Å². The summed E-state index contributed by atoms with van der Waals surface area (Å²) >= 11 is 0. The van der Waals surface area contributed by atoms with Crippen molar-refractivity contribution < 1.29 is 13.9 Å². The van der Waals surface area contributed by atoms with Crippen LogP contribution in [0.2, 0.25) is 0 Å². The van der Waals surface area contributed by atoms with Gasteiger partial charge in [0.1, 0.15) is 11.2 Å². The first-order valence-electron chi connectivity index (χ1n) is 6.56. The highest BCUT2D eigenvalue weighted by atomic mass is 19.1. The van der Waals surface area contributed by atoms with Gasteiger partial charge >= 0.3 is 5.97 Å². The molecule has 20 heavy (non-hydrogen) atoms. The monoisotopic (exact) mass is 271 g/mol. The number of pyridine rings is 1. The van der Waals surface area contributed by atoms with E-state index in [-0.39, 0.29) is 11.8 Å². The lowest BCUT2D eigenvalue weighted by Crippen LogP contribution is -2.54. The highest BCUT2D eigenvalue weighted by Gasteiger charge is 2.59. The smallest absolute Gasteiger partial charge is 0.321 e. The van der Waals surface area contributed by atoms with Crippen molar-refractivity contribution in [3.8, 4) is 0 Å². The van der Waals surface area contributed by atoms with Crippen molar-refractivity contribution in [2.75, 3.05) is 0 Å². The topological polar surface area (TPSA) is 39.2 Å². The van der Waals surface area contributed by atoms with Crippen molar-refractivity contribution in [1.82, 2.24) is 4.98 Å². The van der Waals surface area contributed by atoms with Crippen LogP contribution in [-0.4, -0.2) is 11.0 Å².